The molecular weight excluding hydrogens is 324 g/mol. The van der Waals surface area contributed by atoms with E-state index in [2.05, 4.69) is 10.3 Å². The Morgan fingerprint density at radius 1 is 1.36 bits per heavy atom. The van der Waals surface area contributed by atoms with E-state index < -0.39 is 17.8 Å². The van der Waals surface area contributed by atoms with Crippen LogP contribution in [0.4, 0.5) is 8.78 Å². The topological polar surface area (TPSA) is 46.9 Å². The van der Waals surface area contributed by atoms with Gasteiger partial charge in [-0.15, -0.1) is 0 Å². The second-order valence-electron chi connectivity index (χ2n) is 6.76. The summed E-state index contributed by atoms with van der Waals surface area (Å²) in [6, 6.07) is 7.15. The number of nitrogens with zero attached hydrogens (tertiary/aromatic N) is 2. The van der Waals surface area contributed by atoms with E-state index in [9.17, 15) is 13.6 Å². The minimum atomic E-state index is -2.79. The van der Waals surface area contributed by atoms with Gasteiger partial charge in [-0.3, -0.25) is 9.36 Å². The van der Waals surface area contributed by atoms with Crippen molar-refractivity contribution in [1.29, 1.82) is 0 Å². The third-order valence-corrected chi connectivity index (χ3v) is 5.16. The third kappa shape index (κ3) is 3.32. The highest BCUT2D eigenvalue weighted by Crippen LogP contribution is 2.42. The maximum atomic E-state index is 14.6. The van der Waals surface area contributed by atoms with Crippen LogP contribution < -0.4 is 10.9 Å². The molecule has 6 heteroatoms. The average Bonchev–Trinajstić information content (AvgIpc) is 2.60. The number of para-hydroxylation sites is 1. The summed E-state index contributed by atoms with van der Waals surface area (Å²) in [6.07, 6.45) is 1.77. The Morgan fingerprint density at radius 2 is 2.12 bits per heavy atom. The molecule has 1 aromatic carbocycles. The van der Waals surface area contributed by atoms with Crippen molar-refractivity contribution in [2.24, 2.45) is 5.92 Å². The SMILES string of the molecule is CCC[C@H](c1nc2ccccc2c(=O)n1CC)[C@@H]1CCNCC1(F)F. The first kappa shape index (κ1) is 18.0. The fourth-order valence-corrected chi connectivity index (χ4v) is 3.95. The van der Waals surface area contributed by atoms with Crippen LogP contribution in [0, 0.1) is 5.92 Å². The number of fused-ring (bicyclic) bond motifs is 1. The molecule has 1 fully saturated rings. The Morgan fingerprint density at radius 3 is 2.80 bits per heavy atom. The number of halogens is 2. The van der Waals surface area contributed by atoms with Gasteiger partial charge in [0.15, 0.2) is 0 Å². The number of hydrogen-bond donors (Lipinski definition) is 1. The van der Waals surface area contributed by atoms with Crippen LogP contribution >= 0.6 is 0 Å². The fourth-order valence-electron chi connectivity index (χ4n) is 3.95. The second-order valence-corrected chi connectivity index (χ2v) is 6.76. The summed E-state index contributed by atoms with van der Waals surface area (Å²) in [5.74, 6) is -3.49. The highest BCUT2D eigenvalue weighted by Gasteiger charge is 2.47. The van der Waals surface area contributed by atoms with E-state index in [1.807, 2.05) is 19.9 Å². The Bertz CT molecular complexity index is 803. The highest BCUT2D eigenvalue weighted by atomic mass is 19.3. The Balaban J connectivity index is 2.17. The molecule has 0 unspecified atom stereocenters. The molecule has 1 aliphatic heterocycles. The van der Waals surface area contributed by atoms with E-state index in [4.69, 9.17) is 0 Å². The average molecular weight is 349 g/mol. The van der Waals surface area contributed by atoms with Crippen molar-refractivity contribution in [3.05, 3.63) is 40.4 Å². The van der Waals surface area contributed by atoms with Crippen LogP contribution in [-0.2, 0) is 6.54 Å². The normalized spacial score (nSPS) is 21.4. The van der Waals surface area contributed by atoms with Crippen LogP contribution in [0.15, 0.2) is 29.1 Å². The smallest absolute Gasteiger partial charge is 0.263 e. The molecule has 1 N–H and O–H groups in total. The summed E-state index contributed by atoms with van der Waals surface area (Å²) in [6.45, 7) is 4.56. The molecule has 2 aromatic rings. The summed E-state index contributed by atoms with van der Waals surface area (Å²) >= 11 is 0. The molecule has 0 aliphatic carbocycles. The van der Waals surface area contributed by atoms with Crippen LogP contribution in [0.2, 0.25) is 0 Å². The van der Waals surface area contributed by atoms with E-state index in [0.717, 1.165) is 6.42 Å². The van der Waals surface area contributed by atoms with Gasteiger partial charge in [0.25, 0.3) is 11.5 Å². The van der Waals surface area contributed by atoms with E-state index in [-0.39, 0.29) is 12.1 Å². The summed E-state index contributed by atoms with van der Waals surface area (Å²) in [7, 11) is 0. The lowest BCUT2D eigenvalue weighted by atomic mass is 9.79. The van der Waals surface area contributed by atoms with Gasteiger partial charge in [0.1, 0.15) is 5.82 Å². The van der Waals surface area contributed by atoms with Crippen molar-refractivity contribution in [3.8, 4) is 0 Å². The molecular formula is C19H25F2N3O. The lowest BCUT2D eigenvalue weighted by molar-refractivity contribution is -0.0853. The van der Waals surface area contributed by atoms with Crippen molar-refractivity contribution in [2.45, 2.75) is 51.5 Å². The van der Waals surface area contributed by atoms with E-state index >= 15 is 0 Å². The molecule has 0 amide bonds. The Kier molecular flexibility index (Phi) is 5.18. The van der Waals surface area contributed by atoms with Gasteiger partial charge in [-0.2, -0.15) is 0 Å². The Labute approximate surface area is 146 Å². The number of aromatic nitrogens is 2. The molecule has 2 heterocycles. The zero-order chi connectivity index (χ0) is 18.0. The molecule has 0 bridgehead atoms. The number of benzene rings is 1. The maximum Gasteiger partial charge on any atom is 0.263 e. The summed E-state index contributed by atoms with van der Waals surface area (Å²) in [4.78, 5) is 17.5. The lowest BCUT2D eigenvalue weighted by Gasteiger charge is -2.37. The van der Waals surface area contributed by atoms with Gasteiger partial charge in [-0.1, -0.05) is 25.5 Å². The molecule has 0 spiro atoms. The number of nitrogens with one attached hydrogen (secondary N) is 1. The van der Waals surface area contributed by atoms with Crippen LogP contribution in [0.5, 0.6) is 0 Å². The second kappa shape index (κ2) is 7.20. The third-order valence-electron chi connectivity index (χ3n) is 5.16. The Hall–Kier alpha value is -1.82. The van der Waals surface area contributed by atoms with Gasteiger partial charge in [0.2, 0.25) is 0 Å². The largest absolute Gasteiger partial charge is 0.311 e. The van der Waals surface area contributed by atoms with Gasteiger partial charge < -0.3 is 5.32 Å². The minimum absolute atomic E-state index is 0.138. The van der Waals surface area contributed by atoms with Crippen LogP contribution in [0.1, 0.15) is 44.9 Å². The van der Waals surface area contributed by atoms with Gasteiger partial charge in [0, 0.05) is 18.4 Å². The first-order chi connectivity index (χ1) is 12.0. The molecule has 136 valence electrons. The fraction of sp³-hybridized carbons (Fsp3) is 0.579. The summed E-state index contributed by atoms with van der Waals surface area (Å²) < 4.78 is 30.8. The van der Waals surface area contributed by atoms with Gasteiger partial charge >= 0.3 is 0 Å². The molecule has 2 atom stereocenters. The standard InChI is InChI=1S/C19H25F2N3O/c1-3-7-13(15-10-11-22-12-19(15,20)21)17-23-16-9-6-5-8-14(16)18(25)24(17)4-2/h5-6,8-9,13,15,22H,3-4,7,10-12H2,1-2H3/t13-,15-/m0/s1. The number of piperidine rings is 1. The van der Waals surface area contributed by atoms with Crippen molar-refractivity contribution in [3.63, 3.8) is 0 Å². The van der Waals surface area contributed by atoms with E-state index in [1.54, 1.807) is 22.8 Å². The number of alkyl halides is 2. The van der Waals surface area contributed by atoms with Crippen molar-refractivity contribution < 1.29 is 8.78 Å². The van der Waals surface area contributed by atoms with E-state index in [0.29, 0.717) is 42.7 Å². The predicted molar refractivity (Wildman–Crippen MR) is 95.2 cm³/mol. The maximum absolute atomic E-state index is 14.6. The first-order valence-electron chi connectivity index (χ1n) is 9.07. The molecule has 1 aromatic heterocycles. The van der Waals surface area contributed by atoms with Crippen LogP contribution in [0.3, 0.4) is 0 Å². The molecule has 4 nitrogen and oxygen atoms in total. The quantitative estimate of drug-likeness (QED) is 0.898. The predicted octanol–water partition coefficient (Wildman–Crippen LogP) is 3.54. The monoisotopic (exact) mass is 349 g/mol. The van der Waals surface area contributed by atoms with Crippen LogP contribution in [-0.4, -0.2) is 28.6 Å². The minimum Gasteiger partial charge on any atom is -0.311 e. The molecule has 1 aliphatic rings. The number of hydrogen-bond acceptors (Lipinski definition) is 3. The summed E-state index contributed by atoms with van der Waals surface area (Å²) in [5, 5.41) is 3.33. The molecule has 3 rings (SSSR count). The van der Waals surface area contributed by atoms with Gasteiger partial charge in [-0.05, 0) is 38.4 Å². The van der Waals surface area contributed by atoms with Gasteiger partial charge in [-0.25, -0.2) is 13.8 Å². The molecule has 25 heavy (non-hydrogen) atoms. The zero-order valence-corrected chi connectivity index (χ0v) is 14.8. The first-order valence-corrected chi connectivity index (χ1v) is 9.07. The van der Waals surface area contributed by atoms with Crippen LogP contribution in [0.25, 0.3) is 10.9 Å². The molecule has 0 saturated carbocycles. The van der Waals surface area contributed by atoms with Gasteiger partial charge in [0.05, 0.1) is 17.4 Å². The zero-order valence-electron chi connectivity index (χ0n) is 14.8. The summed E-state index contributed by atoms with van der Waals surface area (Å²) in [5.41, 5.74) is 0.451. The molecule has 0 radical (unpaired) electrons. The highest BCUT2D eigenvalue weighted by molar-refractivity contribution is 5.77. The van der Waals surface area contributed by atoms with Crippen molar-refractivity contribution in [2.75, 3.05) is 13.1 Å². The van der Waals surface area contributed by atoms with E-state index in [1.165, 1.54) is 0 Å². The van der Waals surface area contributed by atoms with Crippen molar-refractivity contribution in [1.82, 2.24) is 14.9 Å². The number of rotatable bonds is 5. The molecule has 1 saturated heterocycles. The lowest BCUT2D eigenvalue weighted by Crippen LogP contribution is -2.49. The van der Waals surface area contributed by atoms with Crippen molar-refractivity contribution >= 4 is 10.9 Å².